The number of carbonyl (C=O) groups is 1. The van der Waals surface area contributed by atoms with Crippen LogP contribution < -0.4 is 5.32 Å². The van der Waals surface area contributed by atoms with Crippen LogP contribution in [0.15, 0.2) is 0 Å². The van der Waals surface area contributed by atoms with Gasteiger partial charge in [0.15, 0.2) is 0 Å². The molecule has 0 saturated carbocycles. The molecule has 8 nitrogen and oxygen atoms in total. The first-order chi connectivity index (χ1) is 35.9. The van der Waals surface area contributed by atoms with Gasteiger partial charge < -0.3 is 35.0 Å². The molecule has 0 amide bonds. The van der Waals surface area contributed by atoms with Crippen molar-refractivity contribution in [3.05, 3.63) is 0 Å². The van der Waals surface area contributed by atoms with Gasteiger partial charge in [-0.1, -0.05) is 266 Å². The second-order valence-electron chi connectivity index (χ2n) is 23.2. The molecular weight excluding hydrogens is 901 g/mol. The summed E-state index contributed by atoms with van der Waals surface area (Å²) in [7, 11) is 0. The molecule has 0 aliphatic rings. The molecule has 2 atom stereocenters. The molecule has 0 aliphatic heterocycles. The topological polar surface area (TPSA) is 88.5 Å². The quantitative estimate of drug-likeness (QED) is 0.0410. The second kappa shape index (κ2) is 60.5. The average molecular weight is 1040 g/mol. The zero-order chi connectivity index (χ0) is 53.2. The molecule has 73 heavy (non-hydrogen) atoms. The number of nitrogens with zero attached hydrogens (tertiary/aromatic N) is 3. The van der Waals surface area contributed by atoms with Crippen molar-refractivity contribution < 1.29 is 19.7 Å². The predicted octanol–water partition coefficient (Wildman–Crippen LogP) is 17.4. The molecule has 0 bridgehead atoms. The Morgan fingerprint density at radius 3 is 0.932 bits per heavy atom. The summed E-state index contributed by atoms with van der Waals surface area (Å²) in [5.74, 6) is -0.0852. The Bertz CT molecular complexity index is 1040. The van der Waals surface area contributed by atoms with Crippen LogP contribution in [0.3, 0.4) is 0 Å². The molecule has 8 heteroatoms. The van der Waals surface area contributed by atoms with E-state index in [1.54, 1.807) is 0 Å². The highest BCUT2D eigenvalue weighted by atomic mass is 16.5. The number of carbonyl (C=O) groups excluding carboxylic acids is 1. The van der Waals surface area contributed by atoms with Crippen molar-refractivity contribution in [1.29, 1.82) is 0 Å². The first-order valence-electron chi connectivity index (χ1n) is 33.3. The van der Waals surface area contributed by atoms with E-state index in [2.05, 4.69) is 54.6 Å². The summed E-state index contributed by atoms with van der Waals surface area (Å²) in [5, 5.41) is 26.1. The van der Waals surface area contributed by atoms with E-state index in [1.165, 1.54) is 250 Å². The Morgan fingerprint density at radius 2 is 0.603 bits per heavy atom. The molecule has 0 aromatic heterocycles. The molecule has 438 valence electrons. The van der Waals surface area contributed by atoms with Crippen LogP contribution in [0.25, 0.3) is 0 Å². The van der Waals surface area contributed by atoms with Gasteiger partial charge in [-0.15, -0.1) is 0 Å². The minimum Gasteiger partial charge on any atom is -0.466 e. The fourth-order valence-electron chi connectivity index (χ4n) is 10.7. The lowest BCUT2D eigenvalue weighted by Gasteiger charge is -2.30. The first kappa shape index (κ1) is 72.2. The van der Waals surface area contributed by atoms with Gasteiger partial charge in [0, 0.05) is 32.6 Å². The van der Waals surface area contributed by atoms with Crippen molar-refractivity contribution in [2.45, 2.75) is 336 Å². The fraction of sp³-hybridized carbons (Fsp3) is 0.985. The molecule has 2 unspecified atom stereocenters. The van der Waals surface area contributed by atoms with E-state index in [0.717, 1.165) is 91.0 Å². The minimum absolute atomic E-state index is 0.0852. The van der Waals surface area contributed by atoms with Gasteiger partial charge in [0.1, 0.15) is 0 Å². The Balaban J connectivity index is 4.94. The highest BCUT2D eigenvalue weighted by Gasteiger charge is 2.17. The van der Waals surface area contributed by atoms with E-state index in [0.29, 0.717) is 26.1 Å². The van der Waals surface area contributed by atoms with Gasteiger partial charge in [-0.05, 0) is 97.2 Å². The van der Waals surface area contributed by atoms with Crippen LogP contribution in [0.1, 0.15) is 324 Å². The average Bonchev–Trinajstić information content (AvgIpc) is 3.38. The maximum absolute atomic E-state index is 12.4. The number of esters is 1. The van der Waals surface area contributed by atoms with E-state index in [1.807, 2.05) is 0 Å². The Kier molecular flexibility index (Phi) is 59.8. The predicted molar refractivity (Wildman–Crippen MR) is 321 cm³/mol. The van der Waals surface area contributed by atoms with Crippen LogP contribution in [0, 0.1) is 0 Å². The van der Waals surface area contributed by atoms with Gasteiger partial charge >= 0.3 is 5.97 Å². The van der Waals surface area contributed by atoms with Crippen molar-refractivity contribution in [1.82, 2.24) is 20.0 Å². The summed E-state index contributed by atoms with van der Waals surface area (Å²) in [6, 6.07) is 0. The molecule has 0 saturated heterocycles. The number of hydrogen-bond acceptors (Lipinski definition) is 8. The molecule has 0 spiro atoms. The van der Waals surface area contributed by atoms with Crippen molar-refractivity contribution in [3.63, 3.8) is 0 Å². The molecule has 0 heterocycles. The molecule has 0 aliphatic carbocycles. The van der Waals surface area contributed by atoms with E-state index in [9.17, 15) is 15.0 Å². The summed E-state index contributed by atoms with van der Waals surface area (Å²) in [4.78, 5) is 20.0. The molecule has 3 N–H and O–H groups in total. The largest absolute Gasteiger partial charge is 0.466 e. The lowest BCUT2D eigenvalue weighted by molar-refractivity contribution is -0.143. The maximum Gasteiger partial charge on any atom is 0.305 e. The van der Waals surface area contributed by atoms with E-state index < -0.39 is 6.10 Å². The summed E-state index contributed by atoms with van der Waals surface area (Å²) in [6.07, 6.45) is 57.3. The third kappa shape index (κ3) is 55.8. The van der Waals surface area contributed by atoms with Gasteiger partial charge in [-0.25, -0.2) is 0 Å². The molecule has 0 fully saturated rings. The van der Waals surface area contributed by atoms with Crippen molar-refractivity contribution in [2.75, 3.05) is 78.6 Å². The third-order valence-corrected chi connectivity index (χ3v) is 15.5. The molecule has 0 radical (unpaired) electrons. The summed E-state index contributed by atoms with van der Waals surface area (Å²) in [5.41, 5.74) is 0. The van der Waals surface area contributed by atoms with Gasteiger partial charge in [-0.3, -0.25) is 4.79 Å². The summed E-state index contributed by atoms with van der Waals surface area (Å²) in [6.45, 7) is 21.9. The van der Waals surface area contributed by atoms with Crippen LogP contribution in [0.5, 0.6) is 0 Å². The second-order valence-corrected chi connectivity index (χ2v) is 23.2. The third-order valence-electron chi connectivity index (χ3n) is 15.5. The number of aliphatic hydroxyl groups excluding tert-OH is 2. The van der Waals surface area contributed by atoms with Crippen LogP contribution in [0.4, 0.5) is 0 Å². The van der Waals surface area contributed by atoms with Crippen molar-refractivity contribution in [3.8, 4) is 0 Å². The van der Waals surface area contributed by atoms with E-state index in [-0.39, 0.29) is 12.1 Å². The molecule has 0 rings (SSSR count). The number of aliphatic hydroxyl groups is 2. The number of hydrogen-bond donors (Lipinski definition) is 3. The van der Waals surface area contributed by atoms with Crippen molar-refractivity contribution in [2.24, 2.45) is 0 Å². The van der Waals surface area contributed by atoms with Gasteiger partial charge in [0.2, 0.25) is 0 Å². The summed E-state index contributed by atoms with van der Waals surface area (Å²) >= 11 is 0. The summed E-state index contributed by atoms with van der Waals surface area (Å²) < 4.78 is 5.55. The molecular formula is C65H134N4O4. The SMILES string of the molecule is CCCCCCCCCCCCCCCOC(=O)CCCNCC(O)CN(CCCCCCCCCCCCCC)CCCCN(CCCCCCCCCCCCCC)CC(O)CN(CCCC)CCCC. The van der Waals surface area contributed by atoms with E-state index in [4.69, 9.17) is 4.74 Å². The van der Waals surface area contributed by atoms with Gasteiger partial charge in [-0.2, -0.15) is 0 Å². The zero-order valence-corrected chi connectivity index (χ0v) is 50.5. The van der Waals surface area contributed by atoms with Crippen LogP contribution in [0.2, 0.25) is 0 Å². The Morgan fingerprint density at radius 1 is 0.342 bits per heavy atom. The highest BCUT2D eigenvalue weighted by Crippen LogP contribution is 2.16. The van der Waals surface area contributed by atoms with Crippen LogP contribution in [-0.2, 0) is 9.53 Å². The van der Waals surface area contributed by atoms with Crippen LogP contribution in [-0.4, -0.2) is 122 Å². The maximum atomic E-state index is 12.4. The number of nitrogens with one attached hydrogen (secondary N) is 1. The lowest BCUT2D eigenvalue weighted by Crippen LogP contribution is -2.42. The first-order valence-corrected chi connectivity index (χ1v) is 33.3. The molecule has 0 aromatic carbocycles. The number of rotatable bonds is 63. The van der Waals surface area contributed by atoms with Gasteiger partial charge in [0.05, 0.1) is 18.8 Å². The number of unbranched alkanes of at least 4 members (excludes halogenated alkanes) is 37. The Labute approximate surface area is 458 Å². The van der Waals surface area contributed by atoms with Crippen molar-refractivity contribution >= 4 is 5.97 Å². The standard InChI is InChI=1S/C65H134N4O4/c1-6-11-16-19-22-25-28-31-34-37-40-43-48-58-73-65(72)50-49-51-66-59-63(70)60-68(54-44-41-38-35-32-29-26-23-20-17-12-7-2)56-46-47-57-69(62-64(71)61-67(52-14-9-4)53-15-10-5)55-45-42-39-36-33-30-27-24-21-18-13-8-3/h63-64,66,70-71H,6-62H2,1-5H3. The minimum atomic E-state index is -0.430. The fourth-order valence-corrected chi connectivity index (χ4v) is 10.7. The van der Waals surface area contributed by atoms with Crippen LogP contribution >= 0.6 is 0 Å². The number of ether oxygens (including phenoxy) is 1. The Hall–Kier alpha value is -0.770. The smallest absolute Gasteiger partial charge is 0.305 e. The van der Waals surface area contributed by atoms with Gasteiger partial charge in [0.25, 0.3) is 0 Å². The highest BCUT2D eigenvalue weighted by molar-refractivity contribution is 5.69. The zero-order valence-electron chi connectivity index (χ0n) is 50.5. The van der Waals surface area contributed by atoms with E-state index >= 15 is 0 Å². The lowest BCUT2D eigenvalue weighted by atomic mass is 10.0. The monoisotopic (exact) mass is 1040 g/mol. The molecule has 0 aromatic rings. The normalized spacial score (nSPS) is 12.8.